The van der Waals surface area contributed by atoms with Gasteiger partial charge in [-0.2, -0.15) is 0 Å². The second-order valence-electron chi connectivity index (χ2n) is 5.31. The summed E-state index contributed by atoms with van der Waals surface area (Å²) in [7, 11) is 0. The second-order valence-corrected chi connectivity index (χ2v) is 5.99. The van der Waals surface area contributed by atoms with E-state index in [0.717, 1.165) is 24.2 Å². The highest BCUT2D eigenvalue weighted by molar-refractivity contribution is 6.31. The van der Waals surface area contributed by atoms with E-state index in [4.69, 9.17) is 23.2 Å². The van der Waals surface area contributed by atoms with Gasteiger partial charge < -0.3 is 4.57 Å². The summed E-state index contributed by atoms with van der Waals surface area (Å²) in [6.07, 6.45) is 2.00. The molecule has 0 fully saturated rings. The van der Waals surface area contributed by atoms with Crippen molar-refractivity contribution < 1.29 is 4.39 Å². The van der Waals surface area contributed by atoms with Gasteiger partial charge in [0.15, 0.2) is 0 Å². The van der Waals surface area contributed by atoms with Crippen LogP contribution in [0, 0.1) is 5.82 Å². The SMILES string of the molecule is CCCC(C)(C)n1c(CCl)nc2cc(Cl)c(F)cc21. The molecule has 0 bridgehead atoms. The molecule has 2 nitrogen and oxygen atoms in total. The first-order valence-electron chi connectivity index (χ1n) is 6.33. The van der Waals surface area contributed by atoms with Gasteiger partial charge in [-0.3, -0.25) is 0 Å². The van der Waals surface area contributed by atoms with Crippen molar-refractivity contribution in [3.63, 3.8) is 0 Å². The van der Waals surface area contributed by atoms with Gasteiger partial charge in [-0.1, -0.05) is 24.9 Å². The predicted molar refractivity (Wildman–Crippen MR) is 78.5 cm³/mol. The topological polar surface area (TPSA) is 17.8 Å². The fourth-order valence-corrected chi connectivity index (χ4v) is 2.95. The molecule has 0 saturated carbocycles. The van der Waals surface area contributed by atoms with Crippen LogP contribution in [0.5, 0.6) is 0 Å². The summed E-state index contributed by atoms with van der Waals surface area (Å²) in [5.41, 5.74) is 1.27. The number of benzene rings is 1. The van der Waals surface area contributed by atoms with Gasteiger partial charge >= 0.3 is 0 Å². The third kappa shape index (κ3) is 2.59. The number of rotatable bonds is 4. The van der Waals surface area contributed by atoms with Crippen molar-refractivity contribution in [1.29, 1.82) is 0 Å². The monoisotopic (exact) mass is 302 g/mol. The molecule has 0 aliphatic carbocycles. The van der Waals surface area contributed by atoms with E-state index in [2.05, 4.69) is 25.8 Å². The first-order chi connectivity index (χ1) is 8.90. The molecule has 2 aromatic rings. The minimum absolute atomic E-state index is 0.0894. The normalized spacial score (nSPS) is 12.3. The maximum atomic E-state index is 13.7. The van der Waals surface area contributed by atoms with Crippen LogP contribution in [0.1, 0.15) is 39.4 Å². The fraction of sp³-hybridized carbons (Fsp3) is 0.500. The molecule has 0 radical (unpaired) electrons. The Balaban J connectivity index is 2.73. The Morgan fingerprint density at radius 2 is 2.05 bits per heavy atom. The van der Waals surface area contributed by atoms with Gasteiger partial charge in [0.25, 0.3) is 0 Å². The van der Waals surface area contributed by atoms with Gasteiger partial charge in [-0.05, 0) is 26.3 Å². The zero-order chi connectivity index (χ0) is 14.2. The van der Waals surface area contributed by atoms with Crippen molar-refractivity contribution in [3.8, 4) is 0 Å². The van der Waals surface area contributed by atoms with E-state index >= 15 is 0 Å². The van der Waals surface area contributed by atoms with E-state index in [1.165, 1.54) is 6.07 Å². The van der Waals surface area contributed by atoms with Crippen molar-refractivity contribution in [3.05, 3.63) is 28.8 Å². The number of nitrogens with zero attached hydrogens (tertiary/aromatic N) is 2. The smallest absolute Gasteiger partial charge is 0.144 e. The average molecular weight is 303 g/mol. The van der Waals surface area contributed by atoms with Gasteiger partial charge in [0.2, 0.25) is 0 Å². The van der Waals surface area contributed by atoms with Crippen LogP contribution in [0.4, 0.5) is 4.39 Å². The largest absolute Gasteiger partial charge is 0.321 e. The molecular formula is C14H17Cl2FN2. The van der Waals surface area contributed by atoms with Crippen molar-refractivity contribution in [2.45, 2.75) is 45.0 Å². The Morgan fingerprint density at radius 3 is 2.63 bits per heavy atom. The lowest BCUT2D eigenvalue weighted by molar-refractivity contribution is 0.326. The number of aromatic nitrogens is 2. The van der Waals surface area contributed by atoms with Crippen LogP contribution in [0.15, 0.2) is 12.1 Å². The highest BCUT2D eigenvalue weighted by atomic mass is 35.5. The minimum atomic E-state index is -0.427. The summed E-state index contributed by atoms with van der Waals surface area (Å²) in [5.74, 6) is 0.613. The number of hydrogen-bond donors (Lipinski definition) is 0. The summed E-state index contributed by atoms with van der Waals surface area (Å²) >= 11 is 11.8. The Kier molecular flexibility index (Phi) is 4.07. The van der Waals surface area contributed by atoms with Crippen LogP contribution in [0.3, 0.4) is 0 Å². The molecule has 0 amide bonds. The molecule has 1 heterocycles. The van der Waals surface area contributed by atoms with Gasteiger partial charge in [-0.15, -0.1) is 11.6 Å². The number of halogens is 3. The van der Waals surface area contributed by atoms with E-state index in [0.29, 0.717) is 11.4 Å². The van der Waals surface area contributed by atoms with E-state index < -0.39 is 5.82 Å². The Hall–Kier alpha value is -0.800. The minimum Gasteiger partial charge on any atom is -0.321 e. The van der Waals surface area contributed by atoms with Crippen LogP contribution < -0.4 is 0 Å². The first-order valence-corrected chi connectivity index (χ1v) is 7.24. The van der Waals surface area contributed by atoms with Gasteiger partial charge in [0.1, 0.15) is 11.6 Å². The maximum Gasteiger partial charge on any atom is 0.144 e. The summed E-state index contributed by atoms with van der Waals surface area (Å²) < 4.78 is 15.7. The summed E-state index contributed by atoms with van der Waals surface area (Å²) in [6, 6.07) is 3.00. The quantitative estimate of drug-likeness (QED) is 0.718. The third-order valence-corrected chi connectivity index (χ3v) is 3.88. The Morgan fingerprint density at radius 1 is 1.37 bits per heavy atom. The lowest BCUT2D eigenvalue weighted by Crippen LogP contribution is -2.27. The molecule has 0 aliphatic rings. The number of alkyl halides is 1. The second kappa shape index (κ2) is 5.29. The molecule has 5 heteroatoms. The van der Waals surface area contributed by atoms with E-state index in [1.807, 2.05) is 4.57 Å². The van der Waals surface area contributed by atoms with Crippen molar-refractivity contribution in [2.24, 2.45) is 0 Å². The zero-order valence-corrected chi connectivity index (χ0v) is 12.8. The lowest BCUT2D eigenvalue weighted by atomic mass is 9.98. The Bertz CT molecular complexity index is 605. The Labute approximate surface area is 122 Å². The standard InChI is InChI=1S/C14H17Cl2FN2/c1-4-5-14(2,3)19-12-7-10(17)9(16)6-11(12)18-13(19)8-15/h6-7H,4-5,8H2,1-3H3. The zero-order valence-electron chi connectivity index (χ0n) is 11.3. The van der Waals surface area contributed by atoms with Crippen LogP contribution in [0.25, 0.3) is 11.0 Å². The van der Waals surface area contributed by atoms with Crippen LogP contribution in [-0.4, -0.2) is 9.55 Å². The van der Waals surface area contributed by atoms with Gasteiger partial charge in [-0.25, -0.2) is 9.37 Å². The molecule has 0 aliphatic heterocycles. The van der Waals surface area contributed by atoms with E-state index in [1.54, 1.807) is 6.07 Å². The molecule has 104 valence electrons. The molecule has 0 N–H and O–H groups in total. The van der Waals surface area contributed by atoms with Gasteiger partial charge in [0, 0.05) is 11.6 Å². The summed E-state index contributed by atoms with van der Waals surface area (Å²) in [4.78, 5) is 4.46. The van der Waals surface area contributed by atoms with E-state index in [9.17, 15) is 4.39 Å². The maximum absolute atomic E-state index is 13.7. The highest BCUT2D eigenvalue weighted by Crippen LogP contribution is 2.32. The number of imidazole rings is 1. The molecule has 19 heavy (non-hydrogen) atoms. The van der Waals surface area contributed by atoms with E-state index in [-0.39, 0.29) is 10.6 Å². The van der Waals surface area contributed by atoms with Crippen LogP contribution >= 0.6 is 23.2 Å². The number of fused-ring (bicyclic) bond motifs is 1. The molecule has 0 unspecified atom stereocenters. The lowest BCUT2D eigenvalue weighted by Gasteiger charge is -2.29. The van der Waals surface area contributed by atoms with Crippen molar-refractivity contribution in [1.82, 2.24) is 9.55 Å². The molecule has 0 spiro atoms. The van der Waals surface area contributed by atoms with Gasteiger partial charge in [0.05, 0.1) is 21.9 Å². The first kappa shape index (κ1) is 14.6. The van der Waals surface area contributed by atoms with Crippen LogP contribution in [-0.2, 0) is 11.4 Å². The molecule has 0 atom stereocenters. The van der Waals surface area contributed by atoms with Crippen LogP contribution in [0.2, 0.25) is 5.02 Å². The fourth-order valence-electron chi connectivity index (χ4n) is 2.61. The summed E-state index contributed by atoms with van der Waals surface area (Å²) in [5, 5.41) is 0.0894. The summed E-state index contributed by atoms with van der Waals surface area (Å²) in [6.45, 7) is 6.35. The molecule has 1 aromatic carbocycles. The molecule has 0 saturated heterocycles. The number of hydrogen-bond acceptors (Lipinski definition) is 1. The predicted octanol–water partition coefficient (Wildman–Crippen LogP) is 5.10. The molecular weight excluding hydrogens is 286 g/mol. The molecule has 2 rings (SSSR count). The average Bonchev–Trinajstić information content (AvgIpc) is 2.68. The molecule has 1 aromatic heterocycles. The highest BCUT2D eigenvalue weighted by Gasteiger charge is 2.25. The van der Waals surface area contributed by atoms with Crippen molar-refractivity contribution >= 4 is 34.2 Å². The third-order valence-electron chi connectivity index (χ3n) is 3.35. The van der Waals surface area contributed by atoms with Crippen molar-refractivity contribution in [2.75, 3.05) is 0 Å².